The molecule has 144 valence electrons. The maximum Gasteiger partial charge on any atom is 0.264 e. The summed E-state index contributed by atoms with van der Waals surface area (Å²) in [6.07, 6.45) is 2.47. The number of rotatable bonds is 5. The molecule has 2 aliphatic rings. The van der Waals surface area contributed by atoms with Gasteiger partial charge in [-0.05, 0) is 55.5 Å². The van der Waals surface area contributed by atoms with Crippen molar-refractivity contribution >= 4 is 17.2 Å². The summed E-state index contributed by atoms with van der Waals surface area (Å²) in [5, 5.41) is 2.01. The van der Waals surface area contributed by atoms with E-state index < -0.39 is 0 Å². The zero-order valence-electron chi connectivity index (χ0n) is 15.9. The van der Waals surface area contributed by atoms with Gasteiger partial charge in [0, 0.05) is 31.2 Å². The fourth-order valence-electron chi connectivity index (χ4n) is 3.95. The summed E-state index contributed by atoms with van der Waals surface area (Å²) in [4.78, 5) is 18.2. The molecule has 2 saturated heterocycles. The van der Waals surface area contributed by atoms with Crippen LogP contribution < -0.4 is 9.47 Å². The van der Waals surface area contributed by atoms with Crippen LogP contribution in [-0.2, 0) is 6.61 Å². The van der Waals surface area contributed by atoms with Gasteiger partial charge in [-0.25, -0.2) is 0 Å². The predicted molar refractivity (Wildman–Crippen MR) is 107 cm³/mol. The first-order valence-corrected chi connectivity index (χ1v) is 10.4. The third-order valence-corrected chi connectivity index (χ3v) is 6.42. The average Bonchev–Trinajstić information content (AvgIpc) is 3.35. The van der Waals surface area contributed by atoms with Gasteiger partial charge in [0.05, 0.1) is 12.0 Å². The van der Waals surface area contributed by atoms with Crippen LogP contribution in [0.2, 0.25) is 0 Å². The average molecular weight is 387 g/mol. The van der Waals surface area contributed by atoms with E-state index in [9.17, 15) is 4.79 Å². The minimum absolute atomic E-state index is 0.158. The molecule has 1 unspecified atom stereocenters. The number of aryl methyl sites for hydroxylation is 1. The first kappa shape index (κ1) is 18.3. The highest BCUT2D eigenvalue weighted by Crippen LogP contribution is 2.29. The molecule has 6 heteroatoms. The molecule has 27 heavy (non-hydrogen) atoms. The number of nitrogens with zero attached hydrogens (tertiary/aromatic N) is 2. The maximum atomic E-state index is 12.9. The lowest BCUT2D eigenvalue weighted by atomic mass is 10.1. The van der Waals surface area contributed by atoms with Gasteiger partial charge in [-0.1, -0.05) is 6.07 Å². The van der Waals surface area contributed by atoms with E-state index in [0.29, 0.717) is 12.6 Å². The summed E-state index contributed by atoms with van der Waals surface area (Å²) in [6, 6.07) is 8.41. The Morgan fingerprint density at radius 1 is 1.22 bits per heavy atom. The van der Waals surface area contributed by atoms with Crippen molar-refractivity contribution in [2.45, 2.75) is 32.4 Å². The van der Waals surface area contributed by atoms with E-state index in [1.807, 2.05) is 41.5 Å². The van der Waals surface area contributed by atoms with E-state index in [1.165, 1.54) is 30.7 Å². The van der Waals surface area contributed by atoms with E-state index in [0.717, 1.165) is 47.1 Å². The molecule has 0 saturated carbocycles. The number of methoxy groups -OCH3 is 1. The molecule has 2 fully saturated rings. The lowest BCUT2D eigenvalue weighted by molar-refractivity contribution is 0.0576. The summed E-state index contributed by atoms with van der Waals surface area (Å²) in [5.74, 6) is 1.61. The Kier molecular flexibility index (Phi) is 5.36. The Morgan fingerprint density at radius 3 is 2.96 bits per heavy atom. The van der Waals surface area contributed by atoms with Gasteiger partial charge in [-0.2, -0.15) is 0 Å². The van der Waals surface area contributed by atoms with Crippen LogP contribution in [0.1, 0.15) is 33.6 Å². The van der Waals surface area contributed by atoms with E-state index in [-0.39, 0.29) is 5.91 Å². The van der Waals surface area contributed by atoms with Gasteiger partial charge in [0.15, 0.2) is 11.5 Å². The molecule has 1 atom stereocenters. The standard InChI is InChI=1S/C21H26N2O3S/c1-15-5-6-18(19(10-15)25-2)26-13-16-11-20(27-14-16)21(24)23-9-8-22-7-3-4-17(22)12-23/h5-6,10-11,14,17H,3-4,7-9,12-13H2,1-2H3. The highest BCUT2D eigenvalue weighted by molar-refractivity contribution is 7.12. The van der Waals surface area contributed by atoms with Crippen molar-refractivity contribution in [3.05, 3.63) is 45.6 Å². The van der Waals surface area contributed by atoms with Crippen molar-refractivity contribution in [2.24, 2.45) is 0 Å². The third kappa shape index (κ3) is 3.96. The largest absolute Gasteiger partial charge is 0.493 e. The van der Waals surface area contributed by atoms with E-state index in [1.54, 1.807) is 7.11 Å². The topological polar surface area (TPSA) is 42.0 Å². The maximum absolute atomic E-state index is 12.9. The molecule has 1 aromatic heterocycles. The molecule has 3 heterocycles. The fourth-order valence-corrected chi connectivity index (χ4v) is 4.81. The van der Waals surface area contributed by atoms with E-state index in [2.05, 4.69) is 4.90 Å². The second-order valence-electron chi connectivity index (χ2n) is 7.35. The van der Waals surface area contributed by atoms with Gasteiger partial charge in [0.1, 0.15) is 6.61 Å². The van der Waals surface area contributed by atoms with Crippen LogP contribution in [0, 0.1) is 6.92 Å². The fraction of sp³-hybridized carbons (Fsp3) is 0.476. The van der Waals surface area contributed by atoms with Crippen molar-refractivity contribution < 1.29 is 14.3 Å². The van der Waals surface area contributed by atoms with Crippen molar-refractivity contribution in [3.63, 3.8) is 0 Å². The summed E-state index contributed by atoms with van der Waals surface area (Å²) < 4.78 is 11.3. The van der Waals surface area contributed by atoms with Gasteiger partial charge in [0.25, 0.3) is 5.91 Å². The number of thiophene rings is 1. The first-order chi connectivity index (χ1) is 13.1. The van der Waals surface area contributed by atoms with E-state index >= 15 is 0 Å². The number of carbonyl (C=O) groups is 1. The van der Waals surface area contributed by atoms with Crippen LogP contribution in [0.25, 0.3) is 0 Å². The third-order valence-electron chi connectivity index (χ3n) is 5.45. The van der Waals surface area contributed by atoms with E-state index in [4.69, 9.17) is 9.47 Å². The highest BCUT2D eigenvalue weighted by Gasteiger charge is 2.33. The molecular weight excluding hydrogens is 360 g/mol. The minimum atomic E-state index is 0.158. The monoisotopic (exact) mass is 386 g/mol. The number of hydrogen-bond acceptors (Lipinski definition) is 5. The van der Waals surface area contributed by atoms with Crippen LogP contribution in [-0.4, -0.2) is 55.0 Å². The summed E-state index contributed by atoms with van der Waals surface area (Å²) in [6.45, 7) is 6.34. The summed E-state index contributed by atoms with van der Waals surface area (Å²) >= 11 is 1.51. The van der Waals surface area contributed by atoms with Crippen molar-refractivity contribution in [3.8, 4) is 11.5 Å². The Balaban J connectivity index is 1.38. The molecule has 5 nitrogen and oxygen atoms in total. The summed E-state index contributed by atoms with van der Waals surface area (Å²) in [5.41, 5.74) is 2.15. The second kappa shape index (κ2) is 7.90. The molecule has 0 aliphatic carbocycles. The number of ether oxygens (including phenoxy) is 2. The second-order valence-corrected chi connectivity index (χ2v) is 8.26. The van der Waals surface area contributed by atoms with Crippen LogP contribution in [0.3, 0.4) is 0 Å². The molecule has 2 aliphatic heterocycles. The number of carbonyl (C=O) groups excluding carboxylic acids is 1. The van der Waals surface area contributed by atoms with Crippen LogP contribution >= 0.6 is 11.3 Å². The zero-order chi connectivity index (χ0) is 18.8. The molecule has 0 N–H and O–H groups in total. The van der Waals surface area contributed by atoms with Crippen molar-refractivity contribution in [2.75, 3.05) is 33.3 Å². The highest BCUT2D eigenvalue weighted by atomic mass is 32.1. The summed E-state index contributed by atoms with van der Waals surface area (Å²) in [7, 11) is 1.65. The smallest absolute Gasteiger partial charge is 0.264 e. The van der Waals surface area contributed by atoms with Gasteiger partial charge < -0.3 is 14.4 Å². The van der Waals surface area contributed by atoms with Gasteiger partial charge in [0.2, 0.25) is 0 Å². The number of amides is 1. The van der Waals surface area contributed by atoms with Crippen LogP contribution in [0.5, 0.6) is 11.5 Å². The molecule has 1 amide bonds. The van der Waals surface area contributed by atoms with Gasteiger partial charge in [-0.3, -0.25) is 9.69 Å². The molecule has 1 aromatic carbocycles. The number of fused-ring (bicyclic) bond motifs is 1. The molecule has 0 radical (unpaired) electrons. The van der Waals surface area contributed by atoms with Gasteiger partial charge >= 0.3 is 0 Å². The minimum Gasteiger partial charge on any atom is -0.493 e. The molecule has 4 rings (SSSR count). The first-order valence-electron chi connectivity index (χ1n) is 9.52. The van der Waals surface area contributed by atoms with Crippen molar-refractivity contribution in [1.29, 1.82) is 0 Å². The molecular formula is C21H26N2O3S. The predicted octanol–water partition coefficient (Wildman–Crippen LogP) is 3.56. The Bertz CT molecular complexity index is 820. The van der Waals surface area contributed by atoms with Crippen molar-refractivity contribution in [1.82, 2.24) is 9.80 Å². The molecule has 2 aromatic rings. The molecule has 0 bridgehead atoms. The Labute approximate surface area is 164 Å². The SMILES string of the molecule is COc1cc(C)ccc1OCc1csc(C(=O)N2CCN3CCCC3C2)c1. The number of piperazine rings is 1. The quantitative estimate of drug-likeness (QED) is 0.788. The van der Waals surface area contributed by atoms with Crippen LogP contribution in [0.4, 0.5) is 0 Å². The van der Waals surface area contributed by atoms with Gasteiger partial charge in [-0.15, -0.1) is 11.3 Å². The lowest BCUT2D eigenvalue weighted by Gasteiger charge is -2.37. The van der Waals surface area contributed by atoms with Crippen LogP contribution in [0.15, 0.2) is 29.6 Å². The lowest BCUT2D eigenvalue weighted by Crippen LogP contribution is -2.51. The number of hydrogen-bond donors (Lipinski definition) is 0. The zero-order valence-corrected chi connectivity index (χ0v) is 16.8. The normalized spacial score (nSPS) is 19.8. The Morgan fingerprint density at radius 2 is 2.11 bits per heavy atom. The Hall–Kier alpha value is -2.05. The molecule has 0 spiro atoms. The number of benzene rings is 1.